The molecule has 12 N–H and O–H groups in total. The second-order valence-corrected chi connectivity index (χ2v) is 45.5. The molecular formula is C85H144N4O40S12. The van der Waals surface area contributed by atoms with Crippen molar-refractivity contribution in [3.8, 4) is 0 Å². The fourth-order valence-corrected chi connectivity index (χ4v) is 18.0. The maximum absolute atomic E-state index is 13.8. The van der Waals surface area contributed by atoms with Gasteiger partial charge in [0.05, 0.1) is 130 Å². The molecule has 0 aromatic carbocycles. The van der Waals surface area contributed by atoms with Crippen molar-refractivity contribution in [1.29, 1.82) is 0 Å². The summed E-state index contributed by atoms with van der Waals surface area (Å²) in [5.74, 6) is -1.84. The third kappa shape index (κ3) is 81.3. The van der Waals surface area contributed by atoms with E-state index in [0.717, 1.165) is 47.0 Å². The molecule has 4 amide bonds. The number of nitrogens with one attached hydrogen (secondary N) is 4. The number of carbonyl (C=O) groups excluding carboxylic acids is 16. The van der Waals surface area contributed by atoms with Crippen molar-refractivity contribution in [1.82, 2.24) is 21.3 Å². The average molecular weight is 2250 g/mol. The largest absolute Gasteiger partial charge is 0.465 e. The number of carbonyl (C=O) groups is 16. The van der Waals surface area contributed by atoms with E-state index in [1.165, 1.54) is 122 Å². The first-order chi connectivity index (χ1) is 67.6. The van der Waals surface area contributed by atoms with E-state index >= 15 is 0 Å². The van der Waals surface area contributed by atoms with E-state index in [4.69, 9.17) is 117 Å². The number of hydrogen-bond donors (Lipinski definition) is 12. The molecular weight excluding hydrogens is 2100 g/mol. The molecule has 0 unspecified atom stereocenters. The third-order valence-electron chi connectivity index (χ3n) is 17.3. The molecule has 0 radical (unpaired) electrons. The zero-order valence-electron chi connectivity index (χ0n) is 80.5. The molecule has 0 saturated carbocycles. The minimum absolute atomic E-state index is 0.0189. The van der Waals surface area contributed by atoms with Crippen molar-refractivity contribution in [2.24, 2.45) is 5.41 Å². The summed E-state index contributed by atoms with van der Waals surface area (Å²) in [4.78, 5) is 209. The Morgan fingerprint density at radius 2 is 0.284 bits per heavy atom. The Balaban J connectivity index is 7.13. The van der Waals surface area contributed by atoms with E-state index in [-0.39, 0.29) is 202 Å². The first-order valence-electron chi connectivity index (χ1n) is 45.1. The molecule has 0 aliphatic rings. The molecule has 0 atom stereocenters. The summed E-state index contributed by atoms with van der Waals surface area (Å²) >= 11 is 15.2. The van der Waals surface area contributed by atoms with Crippen LogP contribution >= 0.6 is 141 Å². The number of amides is 4. The van der Waals surface area contributed by atoms with Gasteiger partial charge in [-0.05, 0) is 27.7 Å². The van der Waals surface area contributed by atoms with Crippen molar-refractivity contribution >= 4 is 237 Å². The maximum atomic E-state index is 13.8. The number of aliphatic hydroxyl groups excluding tert-OH is 8. The number of rotatable bonds is 92. The summed E-state index contributed by atoms with van der Waals surface area (Å²) < 4.78 is 88.2. The number of aliphatic hydroxyl groups is 8. The van der Waals surface area contributed by atoms with E-state index in [0.29, 0.717) is 92.0 Å². The lowest BCUT2D eigenvalue weighted by molar-refractivity contribution is -0.171. The van der Waals surface area contributed by atoms with Gasteiger partial charge in [-0.2, -0.15) is 141 Å². The van der Waals surface area contributed by atoms with Gasteiger partial charge in [0, 0.05) is 138 Å². The molecule has 141 heavy (non-hydrogen) atoms. The van der Waals surface area contributed by atoms with Crippen LogP contribution < -0.4 is 21.3 Å². The molecule has 0 aliphatic heterocycles. The van der Waals surface area contributed by atoms with Crippen molar-refractivity contribution in [2.45, 2.75) is 127 Å². The highest BCUT2D eigenvalue weighted by molar-refractivity contribution is 8.01. The van der Waals surface area contributed by atoms with Crippen LogP contribution in [0.3, 0.4) is 0 Å². The van der Waals surface area contributed by atoms with Crippen LogP contribution in [-0.4, -0.2) is 456 Å². The smallest absolute Gasteiger partial charge is 0.407 e. The van der Waals surface area contributed by atoms with E-state index in [1.807, 2.05) is 0 Å². The lowest BCUT2D eigenvalue weighted by atomic mass is 9.92. The zero-order valence-corrected chi connectivity index (χ0v) is 90.3. The lowest BCUT2D eigenvalue weighted by Gasteiger charge is -2.31. The molecule has 0 spiro atoms. The maximum Gasteiger partial charge on any atom is 0.407 e. The van der Waals surface area contributed by atoms with Crippen molar-refractivity contribution in [3.63, 3.8) is 0 Å². The van der Waals surface area contributed by atoms with E-state index in [2.05, 4.69) is 21.3 Å². The normalized spacial score (nSPS) is 11.5. The van der Waals surface area contributed by atoms with Crippen LogP contribution in [0, 0.1) is 5.41 Å². The van der Waals surface area contributed by atoms with Crippen LogP contribution in [0.2, 0.25) is 0 Å². The third-order valence-corrected chi connectivity index (χ3v) is 28.8. The first kappa shape index (κ1) is 136. The molecule has 0 rings (SSSR count). The predicted molar refractivity (Wildman–Crippen MR) is 545 cm³/mol. The standard InChI is InChI=1S/C85H144N4O40S12/c1-81(53-118-65(98)5-29-130-41-17-90,54-119-66(99)6-30-131-42-18-91)86-77(110)114-25-49-138-37-13-73(106)126-61-85(62-127-74(107)14-38-139-50-26-115-78(111)87-82(2,55-120-67(100)7-31-132-43-19-92)56-121-68(101)8-32-133-44-20-93,63-128-75(108)15-39-140-51-27-116-79(112)88-83(3,57-122-69(102)9-33-134-45-21-94)58-123-70(103)10-34-135-46-22-95)64-129-76(109)16-40-141-52-28-117-80(113)89-84(4,59-124-71(104)11-35-136-47-23-96)60-125-72(105)12-36-137-48-24-97/h90-97H,5-64H2,1-4H3,(H,86,110)(H,87,111)(H,88,112)(H,89,113). The minimum atomic E-state index is -1.86. The summed E-state index contributed by atoms with van der Waals surface area (Å²) in [6.45, 7) is -2.10. The van der Waals surface area contributed by atoms with Gasteiger partial charge in [0.2, 0.25) is 0 Å². The van der Waals surface area contributed by atoms with Gasteiger partial charge in [-0.3, -0.25) is 57.5 Å². The van der Waals surface area contributed by atoms with E-state index < -0.39 is 203 Å². The highest BCUT2D eigenvalue weighted by Crippen LogP contribution is 2.26. The van der Waals surface area contributed by atoms with Gasteiger partial charge in [0.1, 0.15) is 133 Å². The molecule has 56 heteroatoms. The Morgan fingerprint density at radius 3 is 0.404 bits per heavy atom. The number of thioether (sulfide) groups is 12. The fourth-order valence-electron chi connectivity index (χ4n) is 9.93. The van der Waals surface area contributed by atoms with Gasteiger partial charge in [-0.15, -0.1) is 0 Å². The highest BCUT2D eigenvalue weighted by Gasteiger charge is 2.40. The number of hydrogen-bond acceptors (Lipinski definition) is 52. The Kier molecular flexibility index (Phi) is 85.3. The Hall–Kier alpha value is -5.40. The average Bonchev–Trinajstić information content (AvgIpc) is 0.838. The highest BCUT2D eigenvalue weighted by atomic mass is 32.2. The molecule has 0 fully saturated rings. The SMILES string of the molecule is CC(COC(=O)CCSCCO)(COC(=O)CCSCCO)NC(=O)OCCSCCC(=O)OCC(COC(=O)CCSCCOC(=O)NC(C)(COC(=O)CCSCCO)COC(=O)CCSCCO)(COC(=O)CCSCCOC(=O)NC(C)(COC(=O)CCSCCO)COC(=O)CCSCCO)COC(=O)CCSCCOC(=O)NC(C)(COC(=O)CCSCCO)COC(=O)CCSCCO. The predicted octanol–water partition coefficient (Wildman–Crippen LogP) is 3.85. The van der Waals surface area contributed by atoms with Crippen LogP contribution in [-0.2, 0) is 133 Å². The molecule has 0 saturated heterocycles. The molecule has 0 heterocycles. The van der Waals surface area contributed by atoms with E-state index in [9.17, 15) is 76.7 Å². The molecule has 44 nitrogen and oxygen atoms in total. The van der Waals surface area contributed by atoms with Gasteiger partial charge >= 0.3 is 96.0 Å². The summed E-state index contributed by atoms with van der Waals surface area (Å²) in [6, 6.07) is 0. The molecule has 0 bridgehead atoms. The molecule has 0 aromatic heterocycles. The van der Waals surface area contributed by atoms with Gasteiger partial charge in [-0.1, -0.05) is 0 Å². The Morgan fingerprint density at radius 1 is 0.170 bits per heavy atom. The number of ether oxygens (including phenoxy) is 16. The summed E-state index contributed by atoms with van der Waals surface area (Å²) in [5, 5.41) is 83.3. The van der Waals surface area contributed by atoms with Gasteiger partial charge in [0.15, 0.2) is 0 Å². The summed E-state index contributed by atoms with van der Waals surface area (Å²) in [7, 11) is 0. The topological polar surface area (TPSA) is 631 Å². The summed E-state index contributed by atoms with van der Waals surface area (Å²) in [5.41, 5.74) is -7.76. The minimum Gasteiger partial charge on any atom is -0.465 e. The fraction of sp³-hybridized carbons (Fsp3) is 0.812. The van der Waals surface area contributed by atoms with Crippen LogP contribution in [0.1, 0.15) is 105 Å². The zero-order chi connectivity index (χ0) is 105. The second kappa shape index (κ2) is 88.7. The lowest BCUT2D eigenvalue weighted by Crippen LogP contribution is -2.54. The molecule has 816 valence electrons. The van der Waals surface area contributed by atoms with E-state index in [1.54, 1.807) is 0 Å². The van der Waals surface area contributed by atoms with Crippen LogP contribution in [0.15, 0.2) is 0 Å². The Bertz CT molecular complexity index is 2960. The number of esters is 12. The van der Waals surface area contributed by atoms with Crippen molar-refractivity contribution in [3.05, 3.63) is 0 Å². The monoisotopic (exact) mass is 2240 g/mol. The number of alkyl carbamates (subject to hydrolysis) is 4. The molecule has 0 aromatic rings. The van der Waals surface area contributed by atoms with Gasteiger partial charge < -0.3 is 138 Å². The van der Waals surface area contributed by atoms with Gasteiger partial charge in [0.25, 0.3) is 0 Å². The van der Waals surface area contributed by atoms with Crippen LogP contribution in [0.4, 0.5) is 19.2 Å². The second-order valence-electron chi connectivity index (χ2n) is 30.9. The van der Waals surface area contributed by atoms with Crippen molar-refractivity contribution < 1.29 is 193 Å². The van der Waals surface area contributed by atoms with Gasteiger partial charge in [-0.25, -0.2) is 19.2 Å². The first-order valence-corrected chi connectivity index (χ1v) is 59.0. The van der Waals surface area contributed by atoms with Crippen molar-refractivity contribution in [2.75, 3.05) is 297 Å². The van der Waals surface area contributed by atoms with Crippen LogP contribution in [0.5, 0.6) is 0 Å². The molecule has 0 aliphatic carbocycles. The summed E-state index contributed by atoms with van der Waals surface area (Å²) in [6.07, 6.45) is -5.28. The quantitative estimate of drug-likeness (QED) is 0.0234. The van der Waals surface area contributed by atoms with Crippen LogP contribution in [0.25, 0.3) is 0 Å². The Labute approximate surface area is 874 Å².